The summed E-state index contributed by atoms with van der Waals surface area (Å²) in [5, 5.41) is 0.993. The van der Waals surface area contributed by atoms with Gasteiger partial charge in [0, 0.05) is 26.3 Å². The molecule has 0 aliphatic carbocycles. The van der Waals surface area contributed by atoms with Crippen molar-refractivity contribution in [2.75, 3.05) is 32.1 Å². The quantitative estimate of drug-likeness (QED) is 0.916. The second kappa shape index (κ2) is 5.82. The number of piperidine rings is 1. The van der Waals surface area contributed by atoms with Gasteiger partial charge in [-0.3, -0.25) is 0 Å². The van der Waals surface area contributed by atoms with Crippen LogP contribution in [0, 0.1) is 5.92 Å². The van der Waals surface area contributed by atoms with E-state index in [4.69, 9.17) is 4.74 Å². The van der Waals surface area contributed by atoms with Crippen LogP contribution in [0.15, 0.2) is 18.6 Å². The zero-order valence-corrected chi connectivity index (χ0v) is 13.1. The van der Waals surface area contributed by atoms with Gasteiger partial charge in [0.05, 0.1) is 18.5 Å². The van der Waals surface area contributed by atoms with Crippen molar-refractivity contribution in [3.8, 4) is 0 Å². The fourth-order valence-corrected chi connectivity index (χ4v) is 3.14. The number of hydrogen-bond acceptors (Lipinski definition) is 5. The SMILES string of the molecule is COC(=O)N1CCC(C)C(N(C)c2ncnc3[nH]ccc23)C1. The average Bonchev–Trinajstić information content (AvgIpc) is 3.02. The van der Waals surface area contributed by atoms with E-state index in [0.29, 0.717) is 12.5 Å². The number of likely N-dealkylation sites (tertiary alicyclic amines) is 1. The van der Waals surface area contributed by atoms with Crippen LogP contribution in [-0.4, -0.2) is 59.2 Å². The van der Waals surface area contributed by atoms with Crippen molar-refractivity contribution >= 4 is 22.9 Å². The lowest BCUT2D eigenvalue weighted by Gasteiger charge is -2.41. The van der Waals surface area contributed by atoms with Crippen LogP contribution >= 0.6 is 0 Å². The van der Waals surface area contributed by atoms with Crippen molar-refractivity contribution in [3.05, 3.63) is 18.6 Å². The van der Waals surface area contributed by atoms with Gasteiger partial charge in [-0.15, -0.1) is 0 Å². The van der Waals surface area contributed by atoms with Crippen LogP contribution < -0.4 is 4.90 Å². The number of aromatic nitrogens is 3. The molecule has 1 N–H and O–H groups in total. The lowest BCUT2D eigenvalue weighted by molar-refractivity contribution is 0.101. The first-order chi connectivity index (χ1) is 10.6. The molecule has 0 radical (unpaired) electrons. The third-order valence-corrected chi connectivity index (χ3v) is 4.52. The van der Waals surface area contributed by atoms with E-state index in [-0.39, 0.29) is 12.1 Å². The van der Waals surface area contributed by atoms with Gasteiger partial charge >= 0.3 is 6.09 Å². The van der Waals surface area contributed by atoms with E-state index in [2.05, 4.69) is 26.8 Å². The van der Waals surface area contributed by atoms with Gasteiger partial charge < -0.3 is 19.5 Å². The Balaban J connectivity index is 1.88. The van der Waals surface area contributed by atoms with E-state index in [9.17, 15) is 4.79 Å². The maximum Gasteiger partial charge on any atom is 0.409 e. The van der Waals surface area contributed by atoms with E-state index in [0.717, 1.165) is 29.8 Å². The Morgan fingerprint density at radius 2 is 2.32 bits per heavy atom. The van der Waals surface area contributed by atoms with Crippen LogP contribution in [0.2, 0.25) is 0 Å². The van der Waals surface area contributed by atoms with Crippen LogP contribution in [0.1, 0.15) is 13.3 Å². The maximum absolute atomic E-state index is 11.8. The number of nitrogens with one attached hydrogen (secondary N) is 1. The van der Waals surface area contributed by atoms with Crippen molar-refractivity contribution < 1.29 is 9.53 Å². The molecule has 3 heterocycles. The summed E-state index contributed by atoms with van der Waals surface area (Å²) in [4.78, 5) is 27.5. The van der Waals surface area contributed by atoms with Crippen LogP contribution in [-0.2, 0) is 4.74 Å². The number of carbonyl (C=O) groups excluding carboxylic acids is 1. The Hall–Kier alpha value is -2.31. The molecular weight excluding hydrogens is 282 g/mol. The molecule has 1 aliphatic heterocycles. The van der Waals surface area contributed by atoms with Crippen molar-refractivity contribution in [1.29, 1.82) is 0 Å². The number of amides is 1. The molecule has 0 saturated carbocycles. The minimum Gasteiger partial charge on any atom is -0.453 e. The molecule has 2 unspecified atom stereocenters. The van der Waals surface area contributed by atoms with E-state index in [1.807, 2.05) is 19.3 Å². The van der Waals surface area contributed by atoms with Gasteiger partial charge in [0.15, 0.2) is 0 Å². The highest BCUT2D eigenvalue weighted by Crippen LogP contribution is 2.28. The van der Waals surface area contributed by atoms with Gasteiger partial charge in [0.25, 0.3) is 0 Å². The number of aromatic amines is 1. The molecule has 0 spiro atoms. The van der Waals surface area contributed by atoms with Crippen molar-refractivity contribution in [2.45, 2.75) is 19.4 Å². The molecular formula is C15H21N5O2. The number of fused-ring (bicyclic) bond motifs is 1. The van der Waals surface area contributed by atoms with Gasteiger partial charge in [0.1, 0.15) is 17.8 Å². The molecule has 0 aromatic carbocycles. The Bertz CT molecular complexity index is 671. The topological polar surface area (TPSA) is 74.3 Å². The summed E-state index contributed by atoms with van der Waals surface area (Å²) in [7, 11) is 3.45. The van der Waals surface area contributed by atoms with Gasteiger partial charge in [-0.2, -0.15) is 0 Å². The highest BCUT2D eigenvalue weighted by Gasteiger charge is 2.33. The summed E-state index contributed by atoms with van der Waals surface area (Å²) in [6, 6.07) is 2.17. The third kappa shape index (κ3) is 2.47. The number of methoxy groups -OCH3 is 1. The number of carbonyl (C=O) groups is 1. The molecule has 0 bridgehead atoms. The van der Waals surface area contributed by atoms with Gasteiger partial charge in [-0.1, -0.05) is 6.92 Å². The Morgan fingerprint density at radius 1 is 1.50 bits per heavy atom. The van der Waals surface area contributed by atoms with Crippen LogP contribution in [0.4, 0.5) is 10.6 Å². The molecule has 7 heteroatoms. The number of rotatable bonds is 2. The molecule has 1 fully saturated rings. The molecule has 1 aliphatic rings. The fourth-order valence-electron chi connectivity index (χ4n) is 3.14. The number of hydrogen-bond donors (Lipinski definition) is 1. The minimum absolute atomic E-state index is 0.195. The van der Waals surface area contributed by atoms with E-state index in [1.165, 1.54) is 7.11 Å². The minimum atomic E-state index is -0.264. The summed E-state index contributed by atoms with van der Waals surface area (Å²) in [6.07, 6.45) is 4.11. The number of H-pyrrole nitrogens is 1. The Labute approximate surface area is 129 Å². The van der Waals surface area contributed by atoms with Crippen LogP contribution in [0.5, 0.6) is 0 Å². The van der Waals surface area contributed by atoms with Crippen molar-refractivity contribution in [1.82, 2.24) is 19.9 Å². The normalized spacial score (nSPS) is 21.9. The molecule has 1 saturated heterocycles. The molecule has 7 nitrogen and oxygen atoms in total. The lowest BCUT2D eigenvalue weighted by Crippen LogP contribution is -2.52. The molecule has 118 valence electrons. The lowest BCUT2D eigenvalue weighted by atomic mass is 9.92. The molecule has 2 atom stereocenters. The summed E-state index contributed by atoms with van der Waals surface area (Å²) in [5.41, 5.74) is 0.824. The Kier molecular flexibility index (Phi) is 3.87. The smallest absolute Gasteiger partial charge is 0.409 e. The summed E-state index contributed by atoms with van der Waals surface area (Å²) < 4.78 is 4.85. The van der Waals surface area contributed by atoms with Crippen molar-refractivity contribution in [3.63, 3.8) is 0 Å². The molecule has 22 heavy (non-hydrogen) atoms. The maximum atomic E-state index is 11.8. The largest absolute Gasteiger partial charge is 0.453 e. The second-order valence-electron chi connectivity index (χ2n) is 5.80. The first-order valence-electron chi connectivity index (χ1n) is 7.45. The zero-order valence-electron chi connectivity index (χ0n) is 13.1. The highest BCUT2D eigenvalue weighted by atomic mass is 16.5. The zero-order chi connectivity index (χ0) is 15.7. The Morgan fingerprint density at radius 3 is 3.09 bits per heavy atom. The number of likely N-dealkylation sites (N-methyl/N-ethyl adjacent to an activating group) is 1. The van der Waals surface area contributed by atoms with E-state index < -0.39 is 0 Å². The second-order valence-corrected chi connectivity index (χ2v) is 5.80. The molecule has 2 aromatic heterocycles. The van der Waals surface area contributed by atoms with Crippen LogP contribution in [0.25, 0.3) is 11.0 Å². The van der Waals surface area contributed by atoms with Crippen molar-refractivity contribution in [2.24, 2.45) is 5.92 Å². The van der Waals surface area contributed by atoms with Gasteiger partial charge in [-0.25, -0.2) is 14.8 Å². The number of nitrogens with zero attached hydrogens (tertiary/aromatic N) is 4. The molecule has 3 rings (SSSR count). The highest BCUT2D eigenvalue weighted by molar-refractivity contribution is 5.87. The average molecular weight is 303 g/mol. The predicted molar refractivity (Wildman–Crippen MR) is 83.8 cm³/mol. The van der Waals surface area contributed by atoms with Gasteiger partial charge in [-0.05, 0) is 18.4 Å². The van der Waals surface area contributed by atoms with Gasteiger partial charge in [0.2, 0.25) is 0 Å². The number of ether oxygens (including phenoxy) is 1. The standard InChI is InChI=1S/C15H21N5O2/c1-10-5-7-20(15(21)22-3)8-12(10)19(2)14-11-4-6-16-13(11)17-9-18-14/h4,6,9-10,12H,5,7-8H2,1-3H3,(H,16,17,18). The van der Waals surface area contributed by atoms with Crippen LogP contribution in [0.3, 0.4) is 0 Å². The predicted octanol–water partition coefficient (Wildman–Crippen LogP) is 1.87. The fraction of sp³-hybridized carbons (Fsp3) is 0.533. The van der Waals surface area contributed by atoms with E-state index in [1.54, 1.807) is 11.2 Å². The summed E-state index contributed by atoms with van der Waals surface area (Å²) in [6.45, 7) is 3.59. The first kappa shape index (κ1) is 14.6. The monoisotopic (exact) mass is 303 g/mol. The summed E-state index contributed by atoms with van der Waals surface area (Å²) >= 11 is 0. The first-order valence-corrected chi connectivity index (χ1v) is 7.45. The third-order valence-electron chi connectivity index (χ3n) is 4.52. The molecule has 2 aromatic rings. The number of anilines is 1. The summed E-state index contributed by atoms with van der Waals surface area (Å²) in [5.74, 6) is 1.35. The molecule has 1 amide bonds. The van der Waals surface area contributed by atoms with E-state index >= 15 is 0 Å².